The van der Waals surface area contributed by atoms with Gasteiger partial charge in [0, 0.05) is 35.5 Å². The first-order valence-electron chi connectivity index (χ1n) is 7.22. The Labute approximate surface area is 153 Å². The van der Waals surface area contributed by atoms with Crippen LogP contribution in [0, 0.1) is 0 Å². The molecular formula is C16H20INO6. The van der Waals surface area contributed by atoms with E-state index in [2.05, 4.69) is 56.8 Å². The Morgan fingerprint density at radius 2 is 1.79 bits per heavy atom. The lowest BCUT2D eigenvalue weighted by molar-refractivity contribution is -0.165. The van der Waals surface area contributed by atoms with E-state index in [-0.39, 0.29) is 0 Å². The van der Waals surface area contributed by atoms with Crippen LogP contribution in [-0.2, 0) is 16.0 Å². The molecule has 3 atom stereocenters. The number of aliphatic carboxylic acids is 2. The van der Waals surface area contributed by atoms with Crippen LogP contribution in [0.15, 0.2) is 36.9 Å². The molecule has 0 spiro atoms. The van der Waals surface area contributed by atoms with Gasteiger partial charge < -0.3 is 20.4 Å². The molecule has 0 saturated carbocycles. The number of carboxylic acids is 2. The third-order valence-corrected chi connectivity index (χ3v) is 4.61. The first-order valence-corrected chi connectivity index (χ1v) is 8.19. The van der Waals surface area contributed by atoms with Gasteiger partial charge in [-0.1, -0.05) is 30.3 Å². The second-order valence-electron chi connectivity index (χ2n) is 5.19. The summed E-state index contributed by atoms with van der Waals surface area (Å²) >= 11 is 2.40. The lowest BCUT2D eigenvalue weighted by atomic mass is 10.1. The maximum atomic E-state index is 9.77. The van der Waals surface area contributed by atoms with Crippen LogP contribution in [0.5, 0.6) is 0 Å². The maximum Gasteiger partial charge on any atom is 0.335 e. The fraction of sp³-hybridized carbons (Fsp3) is 0.375. The normalized spacial score (nSPS) is 18.1. The summed E-state index contributed by atoms with van der Waals surface area (Å²) < 4.78 is 2.34. The van der Waals surface area contributed by atoms with Gasteiger partial charge in [0.05, 0.1) is 0 Å². The standard InChI is InChI=1S/C12H14IN.C4H6O6/c1-2-9-14(13)12-8-7-10-5-3-4-6-11(10)12;5-1(3(7)8)2(6)4(9)10/h2-6,12H,1,7-9H2;1-2,5-6H,(H,7,8)(H,9,10). The molecule has 0 aliphatic heterocycles. The highest BCUT2D eigenvalue weighted by atomic mass is 127. The molecule has 2 rings (SSSR count). The van der Waals surface area contributed by atoms with Gasteiger partial charge in [-0.15, -0.1) is 6.58 Å². The van der Waals surface area contributed by atoms with Gasteiger partial charge in [0.2, 0.25) is 0 Å². The van der Waals surface area contributed by atoms with Gasteiger partial charge in [0.25, 0.3) is 0 Å². The number of halogens is 1. The van der Waals surface area contributed by atoms with Crippen LogP contribution in [0.2, 0.25) is 0 Å². The lowest BCUT2D eigenvalue weighted by Gasteiger charge is -2.21. The minimum atomic E-state index is -2.27. The van der Waals surface area contributed by atoms with Gasteiger partial charge in [-0.3, -0.25) is 0 Å². The fourth-order valence-corrected chi connectivity index (χ4v) is 3.20. The molecule has 8 heteroatoms. The number of aryl methyl sites for hydroxylation is 1. The zero-order chi connectivity index (χ0) is 18.3. The van der Waals surface area contributed by atoms with Crippen molar-refractivity contribution in [1.82, 2.24) is 3.11 Å². The number of carbonyl (C=O) groups is 2. The average Bonchev–Trinajstić information content (AvgIpc) is 2.98. The van der Waals surface area contributed by atoms with E-state index in [0.29, 0.717) is 6.04 Å². The van der Waals surface area contributed by atoms with Crippen LogP contribution in [-0.4, -0.2) is 54.2 Å². The van der Waals surface area contributed by atoms with E-state index < -0.39 is 24.1 Å². The molecule has 132 valence electrons. The number of nitrogens with zero attached hydrogens (tertiary/aromatic N) is 1. The summed E-state index contributed by atoms with van der Waals surface area (Å²) in [6, 6.07) is 9.35. The zero-order valence-electron chi connectivity index (χ0n) is 12.9. The Bertz CT molecular complexity index is 576. The predicted octanol–water partition coefficient (Wildman–Crippen LogP) is 1.39. The van der Waals surface area contributed by atoms with Gasteiger partial charge in [-0.2, -0.15) is 0 Å². The quantitative estimate of drug-likeness (QED) is 0.295. The summed E-state index contributed by atoms with van der Waals surface area (Å²) in [5.41, 5.74) is 3.02. The molecule has 4 N–H and O–H groups in total. The third-order valence-electron chi connectivity index (χ3n) is 3.55. The molecular weight excluding hydrogens is 429 g/mol. The highest BCUT2D eigenvalue weighted by Crippen LogP contribution is 2.37. The van der Waals surface area contributed by atoms with Crippen molar-refractivity contribution in [2.75, 3.05) is 6.54 Å². The van der Waals surface area contributed by atoms with Gasteiger partial charge in [-0.05, 0) is 24.0 Å². The second-order valence-corrected chi connectivity index (χ2v) is 6.43. The Hall–Kier alpha value is -1.49. The molecule has 0 saturated heterocycles. The minimum Gasteiger partial charge on any atom is -0.479 e. The van der Waals surface area contributed by atoms with Crippen molar-refractivity contribution in [2.24, 2.45) is 0 Å². The van der Waals surface area contributed by atoms with Crippen LogP contribution >= 0.6 is 22.9 Å². The van der Waals surface area contributed by atoms with Crippen molar-refractivity contribution in [1.29, 1.82) is 0 Å². The Balaban J connectivity index is 0.000000257. The van der Waals surface area contributed by atoms with E-state index in [1.165, 1.54) is 24.0 Å². The van der Waals surface area contributed by atoms with Crippen molar-refractivity contribution < 1.29 is 30.0 Å². The third kappa shape index (κ3) is 5.55. The number of carboxylic acid groups (broad SMARTS) is 2. The number of hydrogen-bond acceptors (Lipinski definition) is 5. The summed E-state index contributed by atoms with van der Waals surface area (Å²) in [4.78, 5) is 19.5. The van der Waals surface area contributed by atoms with Gasteiger partial charge >= 0.3 is 11.9 Å². The molecule has 24 heavy (non-hydrogen) atoms. The molecule has 1 aromatic rings. The topological polar surface area (TPSA) is 118 Å². The molecule has 0 heterocycles. The number of aliphatic hydroxyl groups is 2. The van der Waals surface area contributed by atoms with E-state index in [0.717, 1.165) is 6.54 Å². The van der Waals surface area contributed by atoms with Gasteiger partial charge in [-0.25, -0.2) is 12.7 Å². The molecule has 3 unspecified atom stereocenters. The van der Waals surface area contributed by atoms with Crippen molar-refractivity contribution in [3.63, 3.8) is 0 Å². The molecule has 1 aromatic carbocycles. The average molecular weight is 449 g/mol. The van der Waals surface area contributed by atoms with Crippen LogP contribution in [0.25, 0.3) is 0 Å². The molecule has 0 bridgehead atoms. The zero-order valence-corrected chi connectivity index (χ0v) is 15.0. The lowest BCUT2D eigenvalue weighted by Crippen LogP contribution is -2.39. The van der Waals surface area contributed by atoms with E-state index in [1.807, 2.05) is 6.08 Å². The molecule has 1 aliphatic rings. The highest BCUT2D eigenvalue weighted by molar-refractivity contribution is 14.1. The molecule has 0 fully saturated rings. The number of aliphatic hydroxyl groups excluding tert-OH is 2. The van der Waals surface area contributed by atoms with Gasteiger partial charge in [0.15, 0.2) is 12.2 Å². The molecule has 0 radical (unpaired) electrons. The molecule has 1 aliphatic carbocycles. The maximum absolute atomic E-state index is 9.77. The van der Waals surface area contributed by atoms with Crippen molar-refractivity contribution >= 4 is 34.8 Å². The van der Waals surface area contributed by atoms with E-state index in [4.69, 9.17) is 20.4 Å². The summed E-state index contributed by atoms with van der Waals surface area (Å²) in [6.45, 7) is 4.74. The first kappa shape index (κ1) is 20.6. The largest absolute Gasteiger partial charge is 0.479 e. The van der Waals surface area contributed by atoms with Crippen LogP contribution in [0.4, 0.5) is 0 Å². The van der Waals surface area contributed by atoms with E-state index >= 15 is 0 Å². The highest BCUT2D eigenvalue weighted by Gasteiger charge is 2.29. The monoisotopic (exact) mass is 449 g/mol. The van der Waals surface area contributed by atoms with Gasteiger partial charge in [0.1, 0.15) is 0 Å². The summed E-state index contributed by atoms with van der Waals surface area (Å²) in [7, 11) is 0. The minimum absolute atomic E-state index is 0.588. The van der Waals surface area contributed by atoms with E-state index in [1.54, 1.807) is 0 Å². The first-order chi connectivity index (χ1) is 11.3. The second kappa shape index (κ2) is 9.72. The molecule has 0 amide bonds. The fourth-order valence-electron chi connectivity index (χ4n) is 2.35. The number of hydrogen-bond donors (Lipinski definition) is 4. The molecule has 7 nitrogen and oxygen atoms in total. The van der Waals surface area contributed by atoms with Crippen molar-refractivity contribution in [2.45, 2.75) is 31.1 Å². The number of rotatable bonds is 6. The Morgan fingerprint density at radius 3 is 2.29 bits per heavy atom. The summed E-state index contributed by atoms with van der Waals surface area (Å²) in [5, 5.41) is 32.5. The smallest absolute Gasteiger partial charge is 0.335 e. The van der Waals surface area contributed by atoms with Crippen LogP contribution < -0.4 is 0 Å². The van der Waals surface area contributed by atoms with Crippen LogP contribution in [0.1, 0.15) is 23.6 Å². The van der Waals surface area contributed by atoms with Crippen LogP contribution in [0.3, 0.4) is 0 Å². The van der Waals surface area contributed by atoms with Crippen molar-refractivity contribution in [3.8, 4) is 0 Å². The Kier molecular flexibility index (Phi) is 8.32. The molecule has 0 aromatic heterocycles. The Morgan fingerprint density at radius 1 is 1.25 bits per heavy atom. The number of fused-ring (bicyclic) bond motifs is 1. The van der Waals surface area contributed by atoms with Crippen molar-refractivity contribution in [3.05, 3.63) is 48.0 Å². The summed E-state index contributed by atoms with van der Waals surface area (Å²) in [6.07, 6.45) is -0.101. The SMILES string of the molecule is C=CCN(I)C1CCc2ccccc21.O=C(O)C(O)C(O)C(=O)O. The van der Waals surface area contributed by atoms with E-state index in [9.17, 15) is 9.59 Å². The predicted molar refractivity (Wildman–Crippen MR) is 95.7 cm³/mol. The number of benzene rings is 1. The summed E-state index contributed by atoms with van der Waals surface area (Å²) in [5.74, 6) is -3.54.